The third kappa shape index (κ3) is 3.13. The summed E-state index contributed by atoms with van der Waals surface area (Å²) < 4.78 is 5.47. The highest BCUT2D eigenvalue weighted by molar-refractivity contribution is 4.98. The molecule has 0 radical (unpaired) electrons. The van der Waals surface area contributed by atoms with Gasteiger partial charge in [-0.05, 0) is 37.5 Å². The number of methoxy groups -OCH3 is 1. The Balaban J connectivity index is 2.40. The molecule has 1 heteroatoms. The van der Waals surface area contributed by atoms with Gasteiger partial charge in [0.2, 0.25) is 0 Å². The lowest BCUT2D eigenvalue weighted by Crippen LogP contribution is -2.19. The van der Waals surface area contributed by atoms with Gasteiger partial charge in [0, 0.05) is 7.11 Å². The molecular weight excluding hydrogens is 172 g/mol. The predicted octanol–water partition coefficient (Wildman–Crippen LogP) is 3.79. The summed E-state index contributed by atoms with van der Waals surface area (Å²) in [5.74, 6) is 1.66. The van der Waals surface area contributed by atoms with E-state index in [4.69, 9.17) is 4.74 Å². The molecule has 0 saturated carbocycles. The fraction of sp³-hybridized carbons (Fsp3) is 0.846. The first kappa shape index (κ1) is 11.8. The van der Waals surface area contributed by atoms with E-state index in [1.165, 1.54) is 25.7 Å². The number of rotatable bonds is 6. The molecule has 0 bridgehead atoms. The first-order valence-electron chi connectivity index (χ1n) is 6.01. The minimum absolute atomic E-state index is 0.467. The van der Waals surface area contributed by atoms with Crippen molar-refractivity contribution < 1.29 is 4.74 Å². The molecule has 0 aliphatic heterocycles. The summed E-state index contributed by atoms with van der Waals surface area (Å²) in [6.07, 6.45) is 11.5. The van der Waals surface area contributed by atoms with Gasteiger partial charge in [-0.2, -0.15) is 0 Å². The summed E-state index contributed by atoms with van der Waals surface area (Å²) in [5.41, 5.74) is 0. The normalized spacial score (nSPS) is 25.2. The van der Waals surface area contributed by atoms with Crippen LogP contribution < -0.4 is 0 Å². The molecule has 3 unspecified atom stereocenters. The molecule has 0 aromatic heterocycles. The third-order valence-corrected chi connectivity index (χ3v) is 3.53. The van der Waals surface area contributed by atoms with Gasteiger partial charge in [0.25, 0.3) is 0 Å². The Bertz CT molecular complexity index is 170. The van der Waals surface area contributed by atoms with Gasteiger partial charge < -0.3 is 4.74 Å². The van der Waals surface area contributed by atoms with E-state index in [-0.39, 0.29) is 0 Å². The standard InChI is InChI=1S/C13H24O/c1-4-11(10-13(5-2)14-3)12-8-6-7-9-12/h6,8,11-13H,4-5,7,9-10H2,1-3H3. The molecule has 3 atom stereocenters. The molecule has 1 aliphatic carbocycles. The summed E-state index contributed by atoms with van der Waals surface area (Å²) in [7, 11) is 1.84. The molecule has 0 fully saturated rings. The van der Waals surface area contributed by atoms with Crippen molar-refractivity contribution in [2.45, 2.75) is 52.1 Å². The van der Waals surface area contributed by atoms with Gasteiger partial charge >= 0.3 is 0 Å². The van der Waals surface area contributed by atoms with E-state index < -0.39 is 0 Å². The zero-order valence-corrected chi connectivity index (χ0v) is 9.83. The Labute approximate surface area is 88.5 Å². The molecule has 0 aromatic carbocycles. The van der Waals surface area contributed by atoms with Crippen LogP contribution in [0.1, 0.15) is 46.0 Å². The van der Waals surface area contributed by atoms with E-state index in [2.05, 4.69) is 26.0 Å². The van der Waals surface area contributed by atoms with E-state index in [0.29, 0.717) is 6.10 Å². The minimum atomic E-state index is 0.467. The molecule has 1 rings (SSSR count). The van der Waals surface area contributed by atoms with E-state index >= 15 is 0 Å². The molecule has 1 nitrogen and oxygen atoms in total. The number of allylic oxidation sites excluding steroid dienone is 2. The van der Waals surface area contributed by atoms with Crippen molar-refractivity contribution in [1.82, 2.24) is 0 Å². The molecule has 0 aromatic rings. The van der Waals surface area contributed by atoms with E-state index in [9.17, 15) is 0 Å². The first-order chi connectivity index (χ1) is 6.81. The highest BCUT2D eigenvalue weighted by Gasteiger charge is 2.22. The monoisotopic (exact) mass is 196 g/mol. The predicted molar refractivity (Wildman–Crippen MR) is 61.4 cm³/mol. The van der Waals surface area contributed by atoms with Crippen LogP contribution in [0.2, 0.25) is 0 Å². The smallest absolute Gasteiger partial charge is 0.0571 e. The van der Waals surface area contributed by atoms with Gasteiger partial charge in [0.05, 0.1) is 6.10 Å². The molecular formula is C13H24O. The first-order valence-corrected chi connectivity index (χ1v) is 6.01. The number of ether oxygens (including phenoxy) is 1. The average Bonchev–Trinajstić information content (AvgIpc) is 2.73. The highest BCUT2D eigenvalue weighted by atomic mass is 16.5. The molecule has 14 heavy (non-hydrogen) atoms. The van der Waals surface area contributed by atoms with Gasteiger partial charge in [-0.3, -0.25) is 0 Å². The second kappa shape index (κ2) is 6.23. The maximum absolute atomic E-state index is 5.47. The summed E-state index contributed by atoms with van der Waals surface area (Å²) >= 11 is 0. The van der Waals surface area contributed by atoms with Crippen molar-refractivity contribution in [3.63, 3.8) is 0 Å². The van der Waals surface area contributed by atoms with Crippen molar-refractivity contribution >= 4 is 0 Å². The molecule has 0 N–H and O–H groups in total. The quantitative estimate of drug-likeness (QED) is 0.587. The lowest BCUT2D eigenvalue weighted by atomic mass is 9.84. The van der Waals surface area contributed by atoms with Crippen LogP contribution in [-0.4, -0.2) is 13.2 Å². The summed E-state index contributed by atoms with van der Waals surface area (Å²) in [6, 6.07) is 0. The minimum Gasteiger partial charge on any atom is -0.381 e. The molecule has 1 aliphatic rings. The summed E-state index contributed by atoms with van der Waals surface area (Å²) in [6.45, 7) is 4.52. The van der Waals surface area contributed by atoms with Crippen LogP contribution in [0.4, 0.5) is 0 Å². The molecule has 0 saturated heterocycles. The van der Waals surface area contributed by atoms with E-state index in [1.54, 1.807) is 0 Å². The largest absolute Gasteiger partial charge is 0.381 e. The van der Waals surface area contributed by atoms with Gasteiger partial charge in [-0.1, -0.05) is 32.4 Å². The molecule has 82 valence electrons. The van der Waals surface area contributed by atoms with Crippen LogP contribution in [0.5, 0.6) is 0 Å². The van der Waals surface area contributed by atoms with Crippen LogP contribution >= 0.6 is 0 Å². The summed E-state index contributed by atoms with van der Waals surface area (Å²) in [4.78, 5) is 0. The molecule has 0 amide bonds. The second-order valence-corrected chi connectivity index (χ2v) is 4.34. The lowest BCUT2D eigenvalue weighted by Gasteiger charge is -2.25. The third-order valence-electron chi connectivity index (χ3n) is 3.53. The van der Waals surface area contributed by atoms with E-state index in [1.807, 2.05) is 7.11 Å². The lowest BCUT2D eigenvalue weighted by molar-refractivity contribution is 0.0695. The van der Waals surface area contributed by atoms with Crippen LogP contribution in [0.25, 0.3) is 0 Å². The zero-order chi connectivity index (χ0) is 10.4. The maximum Gasteiger partial charge on any atom is 0.0571 e. The van der Waals surface area contributed by atoms with Gasteiger partial charge in [-0.25, -0.2) is 0 Å². The Hall–Kier alpha value is -0.300. The Kier molecular flexibility index (Phi) is 5.24. The summed E-state index contributed by atoms with van der Waals surface area (Å²) in [5, 5.41) is 0. The van der Waals surface area contributed by atoms with Crippen LogP contribution in [0.15, 0.2) is 12.2 Å². The van der Waals surface area contributed by atoms with Crippen LogP contribution in [0, 0.1) is 11.8 Å². The zero-order valence-electron chi connectivity index (χ0n) is 9.83. The average molecular weight is 196 g/mol. The van der Waals surface area contributed by atoms with Crippen LogP contribution in [0.3, 0.4) is 0 Å². The fourth-order valence-electron chi connectivity index (χ4n) is 2.46. The van der Waals surface area contributed by atoms with Crippen molar-refractivity contribution in [2.75, 3.05) is 7.11 Å². The Morgan fingerprint density at radius 1 is 1.36 bits per heavy atom. The van der Waals surface area contributed by atoms with E-state index in [0.717, 1.165) is 18.3 Å². The SMILES string of the molecule is CCC(CC(CC)C1C=CCC1)OC. The number of hydrogen-bond donors (Lipinski definition) is 0. The molecule has 0 heterocycles. The van der Waals surface area contributed by atoms with Crippen molar-refractivity contribution in [3.05, 3.63) is 12.2 Å². The maximum atomic E-state index is 5.47. The van der Waals surface area contributed by atoms with Gasteiger partial charge in [0.15, 0.2) is 0 Å². The highest BCUT2D eigenvalue weighted by Crippen LogP contribution is 2.31. The van der Waals surface area contributed by atoms with Gasteiger partial charge in [-0.15, -0.1) is 0 Å². The van der Waals surface area contributed by atoms with Crippen molar-refractivity contribution in [2.24, 2.45) is 11.8 Å². The Morgan fingerprint density at radius 2 is 2.14 bits per heavy atom. The second-order valence-electron chi connectivity index (χ2n) is 4.34. The van der Waals surface area contributed by atoms with Crippen molar-refractivity contribution in [3.8, 4) is 0 Å². The molecule has 0 spiro atoms. The number of hydrogen-bond acceptors (Lipinski definition) is 1. The van der Waals surface area contributed by atoms with Gasteiger partial charge in [0.1, 0.15) is 0 Å². The Morgan fingerprint density at radius 3 is 2.57 bits per heavy atom. The topological polar surface area (TPSA) is 9.23 Å². The van der Waals surface area contributed by atoms with Crippen LogP contribution in [-0.2, 0) is 4.74 Å². The van der Waals surface area contributed by atoms with Crippen molar-refractivity contribution in [1.29, 1.82) is 0 Å². The fourth-order valence-corrected chi connectivity index (χ4v) is 2.46.